The lowest BCUT2D eigenvalue weighted by Gasteiger charge is -2.14. The van der Waals surface area contributed by atoms with Gasteiger partial charge in [0.2, 0.25) is 0 Å². The molecule has 0 saturated carbocycles. The zero-order valence-corrected chi connectivity index (χ0v) is 15.8. The first-order valence-corrected chi connectivity index (χ1v) is 9.14. The first-order chi connectivity index (χ1) is 13.6. The topological polar surface area (TPSA) is 82.2 Å². The van der Waals surface area contributed by atoms with Crippen molar-refractivity contribution in [1.82, 2.24) is 24.0 Å². The molecule has 0 unspecified atom stereocenters. The van der Waals surface area contributed by atoms with E-state index in [2.05, 4.69) is 9.97 Å². The summed E-state index contributed by atoms with van der Waals surface area (Å²) < 4.78 is 7.70. The van der Waals surface area contributed by atoms with E-state index in [1.165, 1.54) is 10.8 Å². The summed E-state index contributed by atoms with van der Waals surface area (Å²) in [7, 11) is 3.24. The molecular weight excluding hydrogens is 358 g/mol. The van der Waals surface area contributed by atoms with Gasteiger partial charge in [-0.25, -0.2) is 24.1 Å². The molecule has 1 aliphatic heterocycles. The van der Waals surface area contributed by atoms with Crippen LogP contribution in [0.5, 0.6) is 5.75 Å². The normalized spacial score (nSPS) is 14.3. The van der Waals surface area contributed by atoms with Crippen LogP contribution in [-0.4, -0.2) is 50.2 Å². The van der Waals surface area contributed by atoms with Crippen LogP contribution >= 0.6 is 0 Å². The lowest BCUT2D eigenvalue weighted by atomic mass is 10.2. The van der Waals surface area contributed by atoms with Crippen molar-refractivity contribution in [3.8, 4) is 5.75 Å². The molecule has 0 spiro atoms. The second kappa shape index (κ2) is 7.30. The van der Waals surface area contributed by atoms with E-state index in [4.69, 9.17) is 4.74 Å². The molecule has 1 aromatic carbocycles. The molecule has 0 radical (unpaired) electrons. The largest absolute Gasteiger partial charge is 0.497 e. The van der Waals surface area contributed by atoms with Crippen molar-refractivity contribution in [2.45, 2.75) is 12.8 Å². The van der Waals surface area contributed by atoms with Crippen LogP contribution in [0.15, 0.2) is 35.3 Å². The Morgan fingerprint density at radius 1 is 1.14 bits per heavy atom. The number of nitrogens with zero attached hydrogens (tertiary/aromatic N) is 5. The van der Waals surface area contributed by atoms with Crippen LogP contribution in [-0.2, 0) is 7.05 Å². The highest BCUT2D eigenvalue weighted by atomic mass is 16.5. The van der Waals surface area contributed by atoms with E-state index in [1.54, 1.807) is 25.1 Å². The van der Waals surface area contributed by atoms with E-state index in [1.807, 2.05) is 30.3 Å². The molecule has 0 bridgehead atoms. The van der Waals surface area contributed by atoms with Crippen LogP contribution in [0, 0.1) is 0 Å². The number of methoxy groups -OCH3 is 1. The van der Waals surface area contributed by atoms with E-state index in [-0.39, 0.29) is 6.03 Å². The van der Waals surface area contributed by atoms with Gasteiger partial charge in [-0.05, 0) is 36.6 Å². The van der Waals surface area contributed by atoms with Gasteiger partial charge in [0.25, 0.3) is 0 Å². The lowest BCUT2D eigenvalue weighted by Crippen LogP contribution is -2.38. The van der Waals surface area contributed by atoms with Crippen molar-refractivity contribution in [1.29, 1.82) is 0 Å². The minimum Gasteiger partial charge on any atom is -0.497 e. The fraction of sp³-hybridized carbons (Fsp3) is 0.300. The number of ether oxygens (including phenoxy) is 1. The van der Waals surface area contributed by atoms with E-state index in [0.29, 0.717) is 30.1 Å². The van der Waals surface area contributed by atoms with Crippen molar-refractivity contribution in [3.05, 3.63) is 52.3 Å². The molecule has 4 rings (SSSR count). The van der Waals surface area contributed by atoms with Crippen LogP contribution in [0.3, 0.4) is 0 Å². The molecule has 144 valence electrons. The van der Waals surface area contributed by atoms with Crippen LogP contribution in [0.25, 0.3) is 23.3 Å². The third-order valence-corrected chi connectivity index (χ3v) is 4.91. The summed E-state index contributed by atoms with van der Waals surface area (Å²) in [4.78, 5) is 35.8. The minimum absolute atomic E-state index is 0.307. The van der Waals surface area contributed by atoms with Crippen molar-refractivity contribution >= 4 is 29.3 Å². The van der Waals surface area contributed by atoms with Crippen molar-refractivity contribution in [2.75, 3.05) is 20.2 Å². The Kier molecular flexibility index (Phi) is 4.68. The molecule has 8 heteroatoms. The summed E-state index contributed by atoms with van der Waals surface area (Å²) in [5.41, 5.74) is 1.42. The van der Waals surface area contributed by atoms with E-state index in [9.17, 15) is 9.59 Å². The summed E-state index contributed by atoms with van der Waals surface area (Å²) in [6, 6.07) is 7.29. The van der Waals surface area contributed by atoms with Gasteiger partial charge in [-0.15, -0.1) is 0 Å². The van der Waals surface area contributed by atoms with Gasteiger partial charge < -0.3 is 9.64 Å². The van der Waals surface area contributed by atoms with Gasteiger partial charge in [0.05, 0.1) is 13.3 Å². The standard InChI is InChI=1S/C20H21N5O3/c1-23-18-16(25(19(23)26)20(27)24-11-3-4-12-24)13-21-17(22-18)10-7-14-5-8-15(28-2)9-6-14/h5-10,13H,3-4,11-12H2,1-2H3/b10-7+. The number of rotatable bonds is 3. The Balaban J connectivity index is 1.67. The Hall–Kier alpha value is -3.42. The number of aromatic nitrogens is 4. The third-order valence-electron chi connectivity index (χ3n) is 4.91. The van der Waals surface area contributed by atoms with Gasteiger partial charge >= 0.3 is 11.7 Å². The Labute approximate surface area is 161 Å². The highest BCUT2D eigenvalue weighted by molar-refractivity contribution is 5.88. The fourth-order valence-corrected chi connectivity index (χ4v) is 3.33. The minimum atomic E-state index is -0.405. The molecule has 3 heterocycles. The van der Waals surface area contributed by atoms with Gasteiger partial charge in [0, 0.05) is 20.1 Å². The number of hydrogen-bond acceptors (Lipinski definition) is 5. The molecule has 1 amide bonds. The molecule has 1 fully saturated rings. The summed E-state index contributed by atoms with van der Waals surface area (Å²) in [5.74, 6) is 1.25. The van der Waals surface area contributed by atoms with Crippen LogP contribution in [0.1, 0.15) is 24.2 Å². The summed E-state index contributed by atoms with van der Waals surface area (Å²) in [5, 5.41) is 0. The SMILES string of the molecule is COc1ccc(/C=C/c2ncc3c(n2)n(C)c(=O)n3C(=O)N2CCCC2)cc1. The predicted molar refractivity (Wildman–Crippen MR) is 106 cm³/mol. The van der Waals surface area contributed by atoms with Gasteiger partial charge in [-0.2, -0.15) is 0 Å². The fourth-order valence-electron chi connectivity index (χ4n) is 3.33. The summed E-state index contributed by atoms with van der Waals surface area (Å²) >= 11 is 0. The first-order valence-electron chi connectivity index (χ1n) is 9.14. The van der Waals surface area contributed by atoms with Crippen molar-refractivity contribution in [3.63, 3.8) is 0 Å². The molecule has 0 N–H and O–H groups in total. The van der Waals surface area contributed by atoms with Crippen LogP contribution in [0.2, 0.25) is 0 Å². The van der Waals surface area contributed by atoms with E-state index < -0.39 is 5.69 Å². The number of likely N-dealkylation sites (tertiary alicyclic amines) is 1. The number of aryl methyl sites for hydroxylation is 1. The smallest absolute Gasteiger partial charge is 0.338 e. The number of amides is 1. The first kappa shape index (κ1) is 18.0. The highest BCUT2D eigenvalue weighted by Gasteiger charge is 2.25. The Bertz CT molecular complexity index is 1110. The quantitative estimate of drug-likeness (QED) is 0.698. The average molecular weight is 379 g/mol. The zero-order valence-electron chi connectivity index (χ0n) is 15.8. The monoisotopic (exact) mass is 379 g/mol. The number of fused-ring (bicyclic) bond motifs is 1. The average Bonchev–Trinajstić information content (AvgIpc) is 3.34. The van der Waals surface area contributed by atoms with Gasteiger partial charge in [0.1, 0.15) is 11.3 Å². The second-order valence-corrected chi connectivity index (χ2v) is 6.70. The second-order valence-electron chi connectivity index (χ2n) is 6.70. The molecular formula is C20H21N5O3. The van der Waals surface area contributed by atoms with Gasteiger partial charge in [-0.3, -0.25) is 4.57 Å². The number of imidazole rings is 1. The van der Waals surface area contributed by atoms with Crippen molar-refractivity contribution < 1.29 is 9.53 Å². The summed E-state index contributed by atoms with van der Waals surface area (Å²) in [6.45, 7) is 1.34. The maximum Gasteiger partial charge on any atom is 0.338 e. The number of carbonyl (C=O) groups is 1. The molecule has 0 atom stereocenters. The molecule has 28 heavy (non-hydrogen) atoms. The molecule has 3 aromatic rings. The molecule has 0 aliphatic carbocycles. The molecule has 2 aromatic heterocycles. The van der Waals surface area contributed by atoms with Gasteiger partial charge in [-0.1, -0.05) is 18.2 Å². The van der Waals surface area contributed by atoms with E-state index >= 15 is 0 Å². The van der Waals surface area contributed by atoms with Crippen molar-refractivity contribution in [2.24, 2.45) is 7.05 Å². The molecule has 1 aliphatic rings. The number of carbonyl (C=O) groups excluding carboxylic acids is 1. The Morgan fingerprint density at radius 2 is 1.86 bits per heavy atom. The van der Waals surface area contributed by atoms with Gasteiger partial charge in [0.15, 0.2) is 11.5 Å². The Morgan fingerprint density at radius 3 is 2.54 bits per heavy atom. The third kappa shape index (κ3) is 3.17. The molecule has 1 saturated heterocycles. The van der Waals surface area contributed by atoms with Crippen LogP contribution in [0.4, 0.5) is 4.79 Å². The maximum atomic E-state index is 12.7. The maximum absolute atomic E-state index is 12.7. The number of benzene rings is 1. The van der Waals surface area contributed by atoms with Crippen LogP contribution < -0.4 is 10.4 Å². The lowest BCUT2D eigenvalue weighted by molar-refractivity contribution is 0.210. The predicted octanol–water partition coefficient (Wildman–Crippen LogP) is 2.37. The molecule has 8 nitrogen and oxygen atoms in total. The summed E-state index contributed by atoms with van der Waals surface area (Å²) in [6.07, 6.45) is 7.10. The van der Waals surface area contributed by atoms with E-state index in [0.717, 1.165) is 28.7 Å². The zero-order chi connectivity index (χ0) is 19.7. The highest BCUT2D eigenvalue weighted by Crippen LogP contribution is 2.16. The number of hydrogen-bond donors (Lipinski definition) is 0.